The Morgan fingerprint density at radius 3 is 2.74 bits per heavy atom. The van der Waals surface area contributed by atoms with Crippen molar-refractivity contribution < 1.29 is 28.2 Å². The number of methoxy groups -OCH3 is 1. The number of fused-ring (bicyclic) bond motifs is 1. The van der Waals surface area contributed by atoms with Gasteiger partial charge in [-0.05, 0) is 74.9 Å². The molecule has 0 bridgehead atoms. The van der Waals surface area contributed by atoms with Crippen molar-refractivity contribution >= 4 is 17.2 Å². The number of nitrogens with zero attached hydrogens (tertiary/aromatic N) is 2. The Labute approximate surface area is 248 Å². The lowest BCUT2D eigenvalue weighted by molar-refractivity contribution is -0.126. The molecule has 3 N–H and O–H groups in total. The number of ether oxygens (including phenoxy) is 2. The molecule has 0 saturated heterocycles. The number of benzene rings is 1. The van der Waals surface area contributed by atoms with Crippen molar-refractivity contribution in [2.75, 3.05) is 20.3 Å². The molecule has 11 heteroatoms. The van der Waals surface area contributed by atoms with E-state index in [-0.39, 0.29) is 43.5 Å². The number of hydrogen-bond acceptors (Lipinski definition) is 8. The number of nitrogens with one attached hydrogen (secondary N) is 2. The first-order valence-electron chi connectivity index (χ1n) is 14.3. The number of alkyl halides is 1. The molecule has 0 radical (unpaired) electrons. The largest absolute Gasteiger partial charge is 0.471 e. The van der Waals surface area contributed by atoms with Crippen molar-refractivity contribution in [3.05, 3.63) is 64.5 Å². The zero-order valence-electron chi connectivity index (χ0n) is 24.2. The minimum absolute atomic E-state index is 0.144. The van der Waals surface area contributed by atoms with E-state index in [9.17, 15) is 18.7 Å². The lowest BCUT2D eigenvalue weighted by Crippen LogP contribution is -2.52. The first-order valence-corrected chi connectivity index (χ1v) is 15.2. The predicted octanol–water partition coefficient (Wildman–Crippen LogP) is 4.71. The van der Waals surface area contributed by atoms with Crippen LogP contribution in [-0.2, 0) is 22.4 Å². The van der Waals surface area contributed by atoms with E-state index < -0.39 is 23.6 Å². The number of carbonyl (C=O) groups is 1. The Bertz CT molecular complexity index is 1380. The van der Waals surface area contributed by atoms with Gasteiger partial charge in [0.2, 0.25) is 11.8 Å². The van der Waals surface area contributed by atoms with Crippen molar-refractivity contribution in [2.24, 2.45) is 0 Å². The summed E-state index contributed by atoms with van der Waals surface area (Å²) < 4.78 is 40.3. The third-order valence-corrected chi connectivity index (χ3v) is 8.66. The topological polar surface area (TPSA) is 106 Å². The molecular formula is C31H38F2N4O4S. The molecule has 8 nitrogen and oxygen atoms in total. The number of halogens is 2. The standard InChI is InChI=1S/C31H38F2N4O4S/c1-30(2,33)14-20-11-23-25(15-31(5-4-6-31)41-28(23)36-16-20)35-17-26(38)24(37-27(39)18-40-3)12-19-9-21(13-22(32)10-19)29-34-7-8-42-29/h7-11,13,16,24-26,35,38H,4-6,12,14-15,17-18H2,1-3H3,(H,37,39)/t24?,25-,26+/m0/s1. The maximum absolute atomic E-state index is 14.6. The Morgan fingerprint density at radius 2 is 2.07 bits per heavy atom. The summed E-state index contributed by atoms with van der Waals surface area (Å²) in [5.74, 6) is -0.268. The predicted molar refractivity (Wildman–Crippen MR) is 157 cm³/mol. The molecule has 1 aromatic carbocycles. The van der Waals surface area contributed by atoms with Crippen LogP contribution in [0.2, 0.25) is 0 Å². The zero-order valence-corrected chi connectivity index (χ0v) is 25.0. The van der Waals surface area contributed by atoms with Crippen LogP contribution < -0.4 is 15.4 Å². The zero-order chi connectivity index (χ0) is 29.9. The lowest BCUT2D eigenvalue weighted by Gasteiger charge is -2.47. The molecule has 226 valence electrons. The summed E-state index contributed by atoms with van der Waals surface area (Å²) >= 11 is 1.40. The van der Waals surface area contributed by atoms with Gasteiger partial charge in [-0.1, -0.05) is 0 Å². The van der Waals surface area contributed by atoms with Crippen molar-refractivity contribution in [2.45, 2.75) is 81.8 Å². The maximum Gasteiger partial charge on any atom is 0.246 e. The second kappa shape index (κ2) is 12.7. The van der Waals surface area contributed by atoms with Crippen molar-refractivity contribution in [1.82, 2.24) is 20.6 Å². The Hall–Kier alpha value is -2.99. The van der Waals surface area contributed by atoms with Crippen LogP contribution in [0.1, 0.15) is 62.3 Å². The highest BCUT2D eigenvalue weighted by atomic mass is 32.1. The Morgan fingerprint density at radius 1 is 1.26 bits per heavy atom. The molecule has 1 aliphatic carbocycles. The first kappa shape index (κ1) is 30.5. The number of thiazole rings is 1. The highest BCUT2D eigenvalue weighted by Crippen LogP contribution is 2.48. The van der Waals surface area contributed by atoms with Gasteiger partial charge < -0.3 is 25.2 Å². The van der Waals surface area contributed by atoms with Crippen LogP contribution in [0.4, 0.5) is 8.78 Å². The van der Waals surface area contributed by atoms with Gasteiger partial charge in [-0.15, -0.1) is 11.3 Å². The van der Waals surface area contributed by atoms with Crippen LogP contribution >= 0.6 is 11.3 Å². The molecule has 42 heavy (non-hydrogen) atoms. The van der Waals surface area contributed by atoms with Crippen LogP contribution in [0, 0.1) is 5.82 Å². The summed E-state index contributed by atoms with van der Waals surface area (Å²) in [6.45, 7) is 3.05. The van der Waals surface area contributed by atoms with Gasteiger partial charge in [-0.3, -0.25) is 4.79 Å². The normalized spacial score (nSPS) is 19.0. The first-order chi connectivity index (χ1) is 20.0. The SMILES string of the molecule is COCC(=O)NC(Cc1cc(F)cc(-c2nccs2)c1)[C@H](O)CN[C@H]1CC2(CCC2)Oc2ncc(CC(C)(C)F)cc21. The number of rotatable bonds is 12. The third kappa shape index (κ3) is 7.50. The molecule has 3 aromatic rings. The molecule has 3 atom stereocenters. The minimum atomic E-state index is -1.39. The molecule has 1 fully saturated rings. The summed E-state index contributed by atoms with van der Waals surface area (Å²) in [4.78, 5) is 21.3. The number of aliphatic hydroxyl groups is 1. The summed E-state index contributed by atoms with van der Waals surface area (Å²) in [7, 11) is 1.42. The lowest BCUT2D eigenvalue weighted by atomic mass is 9.73. The number of carbonyl (C=O) groups excluding carboxylic acids is 1. The van der Waals surface area contributed by atoms with E-state index in [1.54, 1.807) is 12.4 Å². The third-order valence-electron chi connectivity index (χ3n) is 7.84. The highest BCUT2D eigenvalue weighted by Gasteiger charge is 2.46. The van der Waals surface area contributed by atoms with Crippen molar-refractivity contribution in [3.63, 3.8) is 0 Å². The van der Waals surface area contributed by atoms with E-state index in [2.05, 4.69) is 20.6 Å². The van der Waals surface area contributed by atoms with Gasteiger partial charge in [0, 0.05) is 61.4 Å². The number of hydrogen-bond donors (Lipinski definition) is 3. The van der Waals surface area contributed by atoms with Crippen molar-refractivity contribution in [1.29, 1.82) is 0 Å². The molecule has 2 aromatic heterocycles. The molecule has 1 unspecified atom stereocenters. The van der Waals surface area contributed by atoms with E-state index in [0.29, 0.717) is 28.4 Å². The quantitative estimate of drug-likeness (QED) is 0.277. The highest BCUT2D eigenvalue weighted by molar-refractivity contribution is 7.13. The smallest absolute Gasteiger partial charge is 0.246 e. The number of pyridine rings is 1. The molecular weight excluding hydrogens is 562 g/mol. The van der Waals surface area contributed by atoms with Gasteiger partial charge in [-0.25, -0.2) is 18.7 Å². The van der Waals surface area contributed by atoms with E-state index >= 15 is 0 Å². The molecule has 1 spiro atoms. The molecule has 3 heterocycles. The summed E-state index contributed by atoms with van der Waals surface area (Å²) in [6.07, 6.45) is 6.34. The van der Waals surface area contributed by atoms with E-state index in [0.717, 1.165) is 30.4 Å². The van der Waals surface area contributed by atoms with Crippen LogP contribution in [0.25, 0.3) is 10.6 Å². The number of aliphatic hydroxyl groups excluding tert-OH is 1. The molecule has 1 saturated carbocycles. The number of amides is 1. The molecule has 1 amide bonds. The van der Waals surface area contributed by atoms with Gasteiger partial charge >= 0.3 is 0 Å². The van der Waals surface area contributed by atoms with Crippen LogP contribution in [0.5, 0.6) is 5.88 Å². The van der Waals surface area contributed by atoms with Crippen LogP contribution in [0.3, 0.4) is 0 Å². The molecule has 2 aliphatic rings. The summed E-state index contributed by atoms with van der Waals surface area (Å²) in [5.41, 5.74) is 1.18. The van der Waals surface area contributed by atoms with Crippen LogP contribution in [-0.4, -0.2) is 64.7 Å². The fraction of sp³-hybridized carbons (Fsp3) is 0.516. The van der Waals surface area contributed by atoms with Gasteiger partial charge in [0.25, 0.3) is 0 Å². The van der Waals surface area contributed by atoms with Crippen LogP contribution in [0.15, 0.2) is 42.0 Å². The van der Waals surface area contributed by atoms with Gasteiger partial charge in [0.1, 0.15) is 28.7 Å². The average Bonchev–Trinajstić information content (AvgIpc) is 3.44. The second-order valence-corrected chi connectivity index (χ2v) is 12.9. The monoisotopic (exact) mass is 600 g/mol. The Balaban J connectivity index is 1.35. The van der Waals surface area contributed by atoms with Gasteiger partial charge in [-0.2, -0.15) is 0 Å². The summed E-state index contributed by atoms with van der Waals surface area (Å²) in [5, 5.41) is 20.2. The fourth-order valence-corrected chi connectivity index (χ4v) is 6.43. The Kier molecular flexibility index (Phi) is 9.22. The van der Waals surface area contributed by atoms with E-state index in [1.165, 1.54) is 44.4 Å². The minimum Gasteiger partial charge on any atom is -0.471 e. The fourth-order valence-electron chi connectivity index (χ4n) is 5.80. The number of aromatic nitrogens is 2. The molecule has 5 rings (SSSR count). The van der Waals surface area contributed by atoms with Gasteiger partial charge in [0.15, 0.2) is 0 Å². The van der Waals surface area contributed by atoms with Crippen molar-refractivity contribution in [3.8, 4) is 16.5 Å². The average molecular weight is 601 g/mol. The van der Waals surface area contributed by atoms with Gasteiger partial charge in [0.05, 0.1) is 12.1 Å². The van der Waals surface area contributed by atoms with E-state index in [1.807, 2.05) is 17.5 Å². The molecule has 1 aliphatic heterocycles. The van der Waals surface area contributed by atoms with E-state index in [4.69, 9.17) is 9.47 Å². The maximum atomic E-state index is 14.6. The summed E-state index contributed by atoms with van der Waals surface area (Å²) in [6, 6.07) is 5.68. The second-order valence-electron chi connectivity index (χ2n) is 12.0.